The molecule has 1 aliphatic heterocycles. The lowest BCUT2D eigenvalue weighted by atomic mass is 9.93. The van der Waals surface area contributed by atoms with Crippen LogP contribution in [0.25, 0.3) is 32.3 Å². The number of amides is 5. The van der Waals surface area contributed by atoms with E-state index < -0.39 is 71.9 Å². The second kappa shape index (κ2) is 16.6. The zero-order chi connectivity index (χ0) is 38.4. The minimum atomic E-state index is -1.72. The van der Waals surface area contributed by atoms with Gasteiger partial charge in [0.15, 0.2) is 5.96 Å². The lowest BCUT2D eigenvalue weighted by Crippen LogP contribution is -2.54. The fourth-order valence-electron chi connectivity index (χ4n) is 6.16. The second-order valence-corrected chi connectivity index (χ2v) is 13.7. The predicted octanol–water partition coefficient (Wildman–Crippen LogP) is -0.0249. The van der Waals surface area contributed by atoms with E-state index in [0.717, 1.165) is 44.1 Å². The molecule has 0 radical (unpaired) electrons. The first-order valence-electron chi connectivity index (χ1n) is 16.5. The number of thioether (sulfide) groups is 1. The number of benzene rings is 4. The average Bonchev–Trinajstić information content (AvgIpc) is 3.40. The Morgan fingerprint density at radius 2 is 1.55 bits per heavy atom. The van der Waals surface area contributed by atoms with E-state index in [-0.39, 0.29) is 43.4 Å². The van der Waals surface area contributed by atoms with Crippen LogP contribution in [0.15, 0.2) is 59.6 Å². The minimum Gasteiger partial charge on any atom is -0.481 e. The normalized spacial score (nSPS) is 16.0. The molecule has 11 N–H and O–H groups in total. The summed E-state index contributed by atoms with van der Waals surface area (Å²) < 4.78 is 0. The molecule has 0 saturated carbocycles. The Labute approximate surface area is 306 Å². The van der Waals surface area contributed by atoms with Crippen molar-refractivity contribution in [3.63, 3.8) is 0 Å². The van der Waals surface area contributed by atoms with Crippen LogP contribution < -0.4 is 38.1 Å². The molecule has 1 heterocycles. The van der Waals surface area contributed by atoms with Crippen LogP contribution in [0.1, 0.15) is 25.7 Å². The van der Waals surface area contributed by atoms with Gasteiger partial charge in [-0.2, -0.15) is 0 Å². The van der Waals surface area contributed by atoms with E-state index in [2.05, 4.69) is 15.6 Å². The van der Waals surface area contributed by atoms with Crippen molar-refractivity contribution in [2.45, 2.75) is 49.1 Å². The number of carbonyl (C=O) groups is 7. The highest BCUT2D eigenvalue weighted by atomic mass is 32.2. The van der Waals surface area contributed by atoms with E-state index in [9.17, 15) is 33.6 Å². The summed E-state index contributed by atoms with van der Waals surface area (Å²) in [5.74, 6) is -6.66. The molecule has 4 aromatic rings. The Morgan fingerprint density at radius 1 is 0.887 bits per heavy atom. The lowest BCUT2D eigenvalue weighted by Gasteiger charge is -2.21. The highest BCUT2D eigenvalue weighted by molar-refractivity contribution is 8.00. The van der Waals surface area contributed by atoms with Crippen LogP contribution in [-0.4, -0.2) is 99.9 Å². The summed E-state index contributed by atoms with van der Waals surface area (Å²) in [4.78, 5) is 92.6. The summed E-state index contributed by atoms with van der Waals surface area (Å²) in [6.07, 6.45) is -0.750. The maximum atomic E-state index is 13.7. The number of guanidine groups is 1. The molecule has 3 unspecified atom stereocenters. The number of hydrogen-bond donors (Lipinski definition) is 8. The molecule has 5 rings (SSSR count). The molecule has 1 fully saturated rings. The molecular weight excluding hydrogens is 708 g/mol. The summed E-state index contributed by atoms with van der Waals surface area (Å²) >= 11 is 1.04. The Bertz CT molecular complexity index is 2110. The van der Waals surface area contributed by atoms with Crippen LogP contribution in [0.4, 0.5) is 5.69 Å². The number of carboxylic acids is 2. The maximum Gasteiger partial charge on any atom is 0.326 e. The van der Waals surface area contributed by atoms with E-state index in [1.54, 1.807) is 6.07 Å². The predicted molar refractivity (Wildman–Crippen MR) is 198 cm³/mol. The van der Waals surface area contributed by atoms with Gasteiger partial charge in [0.25, 0.3) is 0 Å². The number of rotatable bonds is 17. The molecule has 17 nitrogen and oxygen atoms in total. The van der Waals surface area contributed by atoms with Crippen molar-refractivity contribution >= 4 is 97.2 Å². The zero-order valence-corrected chi connectivity index (χ0v) is 29.1. The van der Waals surface area contributed by atoms with Crippen molar-refractivity contribution in [1.29, 1.82) is 0 Å². The van der Waals surface area contributed by atoms with Gasteiger partial charge in [0.2, 0.25) is 29.5 Å². The van der Waals surface area contributed by atoms with Crippen LogP contribution in [0.5, 0.6) is 0 Å². The number of imide groups is 1. The van der Waals surface area contributed by atoms with Crippen LogP contribution in [0, 0.1) is 0 Å². The first-order chi connectivity index (χ1) is 25.2. The lowest BCUT2D eigenvalue weighted by molar-refractivity contribution is -0.147. The van der Waals surface area contributed by atoms with Crippen molar-refractivity contribution in [3.05, 3.63) is 54.6 Å². The number of aliphatic imine (C=N–C) groups is 1. The van der Waals surface area contributed by atoms with Crippen LogP contribution in [0.2, 0.25) is 0 Å². The third kappa shape index (κ3) is 8.90. The van der Waals surface area contributed by atoms with Gasteiger partial charge < -0.3 is 43.4 Å². The number of aliphatic carboxylic acids is 2. The molecule has 18 heteroatoms. The second-order valence-electron chi connectivity index (χ2n) is 12.4. The molecule has 1 saturated heterocycles. The van der Waals surface area contributed by atoms with Gasteiger partial charge in [-0.15, -0.1) is 11.8 Å². The van der Waals surface area contributed by atoms with Crippen molar-refractivity contribution in [2.24, 2.45) is 22.2 Å². The molecule has 53 heavy (non-hydrogen) atoms. The number of nitrogens with one attached hydrogen (secondary N) is 3. The van der Waals surface area contributed by atoms with Gasteiger partial charge in [0.05, 0.1) is 29.9 Å². The molecular formula is C35H38N8O9S. The van der Waals surface area contributed by atoms with Crippen LogP contribution in [0.3, 0.4) is 0 Å². The number of anilines is 1. The molecule has 0 spiro atoms. The number of nitrogens with two attached hydrogens (primary N) is 3. The largest absolute Gasteiger partial charge is 0.481 e. The van der Waals surface area contributed by atoms with Crippen molar-refractivity contribution < 1.29 is 43.8 Å². The van der Waals surface area contributed by atoms with E-state index in [4.69, 9.17) is 27.4 Å². The van der Waals surface area contributed by atoms with E-state index in [0.29, 0.717) is 5.69 Å². The summed E-state index contributed by atoms with van der Waals surface area (Å²) in [6.45, 7) is -0.606. The van der Waals surface area contributed by atoms with E-state index in [1.165, 1.54) is 4.90 Å². The molecule has 278 valence electrons. The standard InChI is InChI=1S/C35H38N8O9S/c36-21(31(48)42-22(5-2-12-39-35(37)38)32(49)40-15-26(44)41-23(34(51)52)13-28(46)47)16-53-25-14-27(45)43(33(25)50)24-11-9-19-7-6-17-3-1-4-18-8-10-20(24)30(19)29(17)18/h1,3-4,6-11,21-23,25H,2,5,12-16,36H2,(H,40,49)(H,41,44)(H,42,48)(H,46,47)(H,51,52)(H4,37,38,39)/t21?,22?,23-,25?/m0/s1. The smallest absolute Gasteiger partial charge is 0.326 e. The van der Waals surface area contributed by atoms with Gasteiger partial charge in [0.1, 0.15) is 12.1 Å². The molecule has 4 aromatic carbocycles. The highest BCUT2D eigenvalue weighted by Crippen LogP contribution is 2.41. The van der Waals surface area contributed by atoms with E-state index >= 15 is 0 Å². The van der Waals surface area contributed by atoms with Gasteiger partial charge in [-0.25, -0.2) is 9.69 Å². The Morgan fingerprint density at radius 3 is 2.21 bits per heavy atom. The van der Waals surface area contributed by atoms with Crippen molar-refractivity contribution in [1.82, 2.24) is 16.0 Å². The summed E-state index contributed by atoms with van der Waals surface area (Å²) in [5, 5.41) is 29.8. The summed E-state index contributed by atoms with van der Waals surface area (Å²) in [7, 11) is 0. The molecule has 1 aliphatic rings. The van der Waals surface area contributed by atoms with Crippen LogP contribution >= 0.6 is 11.8 Å². The highest BCUT2D eigenvalue weighted by Gasteiger charge is 2.41. The first-order valence-corrected chi connectivity index (χ1v) is 17.6. The number of nitrogens with zero attached hydrogens (tertiary/aromatic N) is 2. The zero-order valence-electron chi connectivity index (χ0n) is 28.2. The van der Waals surface area contributed by atoms with Crippen molar-refractivity contribution in [3.8, 4) is 0 Å². The maximum absolute atomic E-state index is 13.7. The average molecular weight is 747 g/mol. The molecule has 0 bridgehead atoms. The Balaban J connectivity index is 1.21. The Kier molecular flexibility index (Phi) is 11.9. The van der Waals surface area contributed by atoms with Gasteiger partial charge in [-0.3, -0.25) is 33.8 Å². The Hall–Kier alpha value is -6.01. The minimum absolute atomic E-state index is 0.0104. The third-order valence-electron chi connectivity index (χ3n) is 8.68. The number of hydrogen-bond acceptors (Lipinski definition) is 10. The fourth-order valence-corrected chi connectivity index (χ4v) is 7.26. The van der Waals surface area contributed by atoms with Gasteiger partial charge in [-0.1, -0.05) is 48.5 Å². The van der Waals surface area contributed by atoms with E-state index in [1.807, 2.05) is 53.8 Å². The summed E-state index contributed by atoms with van der Waals surface area (Å²) in [6, 6.07) is 13.4. The van der Waals surface area contributed by atoms with Crippen LogP contribution in [-0.2, 0) is 33.6 Å². The molecule has 0 aliphatic carbocycles. The van der Waals surface area contributed by atoms with Gasteiger partial charge in [0, 0.05) is 24.1 Å². The van der Waals surface area contributed by atoms with Gasteiger partial charge >= 0.3 is 11.9 Å². The summed E-state index contributed by atoms with van der Waals surface area (Å²) in [5.41, 5.74) is 17.3. The molecule has 4 atom stereocenters. The number of carboxylic acid groups (broad SMARTS) is 2. The quantitative estimate of drug-likeness (QED) is 0.0232. The monoisotopic (exact) mass is 746 g/mol. The van der Waals surface area contributed by atoms with Crippen molar-refractivity contribution in [2.75, 3.05) is 23.7 Å². The topological polar surface area (TPSA) is 290 Å². The SMILES string of the molecule is NC(N)=NCCCC(NC(=O)C(N)CSC1CC(=O)N(c2ccc3ccc4cccc5ccc2c3c45)C1=O)C(=O)NCC(=O)N[C@@H](CC(=O)O)C(=O)O. The first kappa shape index (κ1) is 38.2. The van der Waals surface area contributed by atoms with Gasteiger partial charge in [-0.05, 0) is 45.8 Å². The number of carbonyl (C=O) groups excluding carboxylic acids is 5. The third-order valence-corrected chi connectivity index (χ3v) is 10.0. The molecule has 0 aromatic heterocycles. The molecule has 5 amide bonds. The fraction of sp³-hybridized carbons (Fsp3) is 0.314.